The molecule has 3 heterocycles. The van der Waals surface area contributed by atoms with Crippen molar-refractivity contribution in [3.8, 4) is 11.6 Å². The number of aryl methyl sites for hydroxylation is 1. The number of hydrogen-bond acceptors (Lipinski definition) is 6. The molecule has 0 saturated carbocycles. The number of aromatic nitrogens is 2. The quantitative estimate of drug-likeness (QED) is 0.706. The van der Waals surface area contributed by atoms with E-state index in [1.54, 1.807) is 23.3 Å². The van der Waals surface area contributed by atoms with Crippen LogP contribution < -0.4 is 4.90 Å². The first-order valence-corrected chi connectivity index (χ1v) is 9.03. The highest BCUT2D eigenvalue weighted by Gasteiger charge is 2.37. The Kier molecular flexibility index (Phi) is 3.67. The lowest BCUT2D eigenvalue weighted by Crippen LogP contribution is -2.30. The summed E-state index contributed by atoms with van der Waals surface area (Å²) in [5.74, 6) is 1.74. The molecule has 1 unspecified atom stereocenters. The number of amides is 1. The minimum absolute atomic E-state index is 0.00278. The molecule has 7 nitrogen and oxygen atoms in total. The molecule has 136 valence electrons. The number of ketones is 1. The van der Waals surface area contributed by atoms with Gasteiger partial charge in [0.2, 0.25) is 17.6 Å². The number of nitrogens with zero attached hydrogens (tertiary/aromatic N) is 3. The maximum absolute atomic E-state index is 12.8. The summed E-state index contributed by atoms with van der Waals surface area (Å²) in [7, 11) is 0. The van der Waals surface area contributed by atoms with Crippen LogP contribution in [0.4, 0.5) is 5.69 Å². The molecular formula is C20H17N3O4. The average Bonchev–Trinajstić information content (AvgIpc) is 3.43. The van der Waals surface area contributed by atoms with Crippen LogP contribution in [0.2, 0.25) is 0 Å². The predicted molar refractivity (Wildman–Crippen MR) is 95.4 cm³/mol. The third kappa shape index (κ3) is 2.66. The fraction of sp³-hybridized carbons (Fsp3) is 0.300. The van der Waals surface area contributed by atoms with E-state index in [4.69, 9.17) is 8.94 Å². The summed E-state index contributed by atoms with van der Waals surface area (Å²) in [6, 6.07) is 9.16. The van der Waals surface area contributed by atoms with Crippen molar-refractivity contribution in [1.29, 1.82) is 0 Å². The number of Topliss-reactive ketones (excluding diaryl/α,β-unsaturated/α-hetero) is 1. The second-order valence-corrected chi connectivity index (χ2v) is 6.89. The van der Waals surface area contributed by atoms with Gasteiger partial charge in [-0.3, -0.25) is 9.59 Å². The first-order valence-electron chi connectivity index (χ1n) is 9.03. The number of carbonyl (C=O) groups is 2. The van der Waals surface area contributed by atoms with E-state index in [2.05, 4.69) is 10.1 Å². The van der Waals surface area contributed by atoms with Crippen molar-refractivity contribution in [3.05, 3.63) is 53.6 Å². The van der Waals surface area contributed by atoms with E-state index in [-0.39, 0.29) is 24.0 Å². The molecule has 1 aromatic carbocycles. The average molecular weight is 363 g/mol. The standard InChI is InChI=1S/C20H17N3O4/c24-15-7-6-12-11-23(14-4-1-3-13(15)19(12)14)18(25)9-8-17-21-20(22-27-17)16-5-2-10-26-16/h1-5,10,12H,6-9,11H2. The second kappa shape index (κ2) is 6.19. The molecule has 27 heavy (non-hydrogen) atoms. The zero-order chi connectivity index (χ0) is 18.4. The van der Waals surface area contributed by atoms with Crippen molar-refractivity contribution in [2.45, 2.75) is 31.6 Å². The summed E-state index contributed by atoms with van der Waals surface area (Å²) in [6.07, 6.45) is 3.54. The summed E-state index contributed by atoms with van der Waals surface area (Å²) in [5.41, 5.74) is 2.69. The molecule has 5 rings (SSSR count). The molecule has 1 amide bonds. The van der Waals surface area contributed by atoms with Crippen LogP contribution in [-0.4, -0.2) is 28.4 Å². The SMILES string of the molecule is O=C1CCC2CN(C(=O)CCc3nc(-c4ccco4)no3)c3cccc1c32. The van der Waals surface area contributed by atoms with Gasteiger partial charge in [0.05, 0.1) is 6.26 Å². The summed E-state index contributed by atoms with van der Waals surface area (Å²) in [6.45, 7) is 0.639. The lowest BCUT2D eigenvalue weighted by atomic mass is 9.83. The summed E-state index contributed by atoms with van der Waals surface area (Å²) < 4.78 is 10.5. The number of carbonyl (C=O) groups excluding carboxylic acids is 2. The monoisotopic (exact) mass is 363 g/mol. The first kappa shape index (κ1) is 16.0. The maximum Gasteiger partial charge on any atom is 0.238 e. The van der Waals surface area contributed by atoms with Gasteiger partial charge in [0.25, 0.3) is 0 Å². The molecule has 0 radical (unpaired) electrons. The number of furan rings is 1. The fourth-order valence-electron chi connectivity index (χ4n) is 3.99. The van der Waals surface area contributed by atoms with Gasteiger partial charge in [0.1, 0.15) is 0 Å². The molecule has 3 aromatic rings. The van der Waals surface area contributed by atoms with Gasteiger partial charge in [-0.05, 0) is 30.2 Å². The van der Waals surface area contributed by atoms with Gasteiger partial charge in [0.15, 0.2) is 11.5 Å². The van der Waals surface area contributed by atoms with E-state index in [9.17, 15) is 9.59 Å². The molecular weight excluding hydrogens is 346 g/mol. The third-order valence-electron chi connectivity index (χ3n) is 5.27. The van der Waals surface area contributed by atoms with Gasteiger partial charge in [0, 0.05) is 43.0 Å². The van der Waals surface area contributed by atoms with Crippen molar-refractivity contribution in [2.24, 2.45) is 0 Å². The Bertz CT molecular complexity index is 1020. The minimum Gasteiger partial charge on any atom is -0.461 e. The van der Waals surface area contributed by atoms with Crippen LogP contribution in [-0.2, 0) is 11.2 Å². The van der Waals surface area contributed by atoms with E-state index < -0.39 is 0 Å². The van der Waals surface area contributed by atoms with Crippen molar-refractivity contribution in [2.75, 3.05) is 11.4 Å². The summed E-state index contributed by atoms with van der Waals surface area (Å²) >= 11 is 0. The Hall–Kier alpha value is -3.22. The Morgan fingerprint density at radius 3 is 3.04 bits per heavy atom. The molecule has 2 aromatic heterocycles. The zero-order valence-corrected chi connectivity index (χ0v) is 14.6. The molecule has 1 aliphatic carbocycles. The molecule has 7 heteroatoms. The van der Waals surface area contributed by atoms with Crippen molar-refractivity contribution in [3.63, 3.8) is 0 Å². The molecule has 2 aliphatic rings. The largest absolute Gasteiger partial charge is 0.461 e. The van der Waals surface area contributed by atoms with E-state index in [0.29, 0.717) is 36.9 Å². The fourth-order valence-corrected chi connectivity index (χ4v) is 3.99. The smallest absolute Gasteiger partial charge is 0.238 e. The first-order chi connectivity index (χ1) is 13.2. The number of benzene rings is 1. The highest BCUT2D eigenvalue weighted by atomic mass is 16.5. The van der Waals surface area contributed by atoms with Gasteiger partial charge in [-0.1, -0.05) is 17.3 Å². The van der Waals surface area contributed by atoms with E-state index in [1.807, 2.05) is 18.2 Å². The van der Waals surface area contributed by atoms with E-state index in [0.717, 1.165) is 23.2 Å². The molecule has 1 atom stereocenters. The van der Waals surface area contributed by atoms with E-state index >= 15 is 0 Å². The van der Waals surface area contributed by atoms with Crippen LogP contribution in [0.5, 0.6) is 0 Å². The molecule has 0 fully saturated rings. The molecule has 1 aliphatic heterocycles. The Balaban J connectivity index is 1.31. The third-order valence-corrected chi connectivity index (χ3v) is 5.27. The topological polar surface area (TPSA) is 89.4 Å². The van der Waals surface area contributed by atoms with Gasteiger partial charge < -0.3 is 13.8 Å². The Labute approximate surface area is 155 Å². The normalized spacial score (nSPS) is 18.0. The number of anilines is 1. The van der Waals surface area contributed by atoms with Crippen LogP contribution in [0.3, 0.4) is 0 Å². The lowest BCUT2D eigenvalue weighted by molar-refractivity contribution is -0.118. The van der Waals surface area contributed by atoms with Crippen LogP contribution >= 0.6 is 0 Å². The van der Waals surface area contributed by atoms with Crippen LogP contribution in [0, 0.1) is 0 Å². The zero-order valence-electron chi connectivity index (χ0n) is 14.6. The Morgan fingerprint density at radius 1 is 1.26 bits per heavy atom. The molecule has 0 saturated heterocycles. The molecule has 0 spiro atoms. The van der Waals surface area contributed by atoms with Gasteiger partial charge in [-0.15, -0.1) is 0 Å². The highest BCUT2D eigenvalue weighted by Crippen LogP contribution is 2.44. The highest BCUT2D eigenvalue weighted by molar-refractivity contribution is 6.04. The van der Waals surface area contributed by atoms with Gasteiger partial charge in [-0.2, -0.15) is 4.98 Å². The van der Waals surface area contributed by atoms with Gasteiger partial charge >= 0.3 is 0 Å². The van der Waals surface area contributed by atoms with Gasteiger partial charge in [-0.25, -0.2) is 0 Å². The van der Waals surface area contributed by atoms with Crippen LogP contribution in [0.25, 0.3) is 11.6 Å². The number of hydrogen-bond donors (Lipinski definition) is 0. The Morgan fingerprint density at radius 2 is 2.19 bits per heavy atom. The van der Waals surface area contributed by atoms with Crippen molar-refractivity contribution >= 4 is 17.4 Å². The van der Waals surface area contributed by atoms with Crippen molar-refractivity contribution in [1.82, 2.24) is 10.1 Å². The second-order valence-electron chi connectivity index (χ2n) is 6.89. The summed E-state index contributed by atoms with van der Waals surface area (Å²) in [4.78, 5) is 31.1. The van der Waals surface area contributed by atoms with Crippen LogP contribution in [0.15, 0.2) is 45.5 Å². The van der Waals surface area contributed by atoms with Crippen molar-refractivity contribution < 1.29 is 18.5 Å². The molecule has 0 bridgehead atoms. The van der Waals surface area contributed by atoms with Crippen LogP contribution in [0.1, 0.15) is 47.0 Å². The van der Waals surface area contributed by atoms with E-state index in [1.165, 1.54) is 0 Å². The lowest BCUT2D eigenvalue weighted by Gasteiger charge is -2.18. The minimum atomic E-state index is 0.00278. The predicted octanol–water partition coefficient (Wildman–Crippen LogP) is 3.37. The summed E-state index contributed by atoms with van der Waals surface area (Å²) in [5, 5.41) is 3.88. The molecule has 0 N–H and O–H groups in total. The maximum atomic E-state index is 12.8. The number of rotatable bonds is 4.